The Morgan fingerprint density at radius 2 is 2.46 bits per heavy atom. The van der Waals surface area contributed by atoms with Gasteiger partial charge in [-0.15, -0.1) is 0 Å². The van der Waals surface area contributed by atoms with Gasteiger partial charge in [0.1, 0.15) is 0 Å². The first-order chi connectivity index (χ1) is 6.33. The molecule has 4 nitrogen and oxygen atoms in total. The first-order valence-electron chi connectivity index (χ1n) is 4.89. The molecule has 1 heterocycles. The van der Waals surface area contributed by atoms with Crippen LogP contribution in [0.3, 0.4) is 0 Å². The fourth-order valence-corrected chi connectivity index (χ4v) is 2.33. The van der Waals surface area contributed by atoms with Crippen molar-refractivity contribution in [1.29, 1.82) is 0 Å². The van der Waals surface area contributed by atoms with Gasteiger partial charge in [-0.25, -0.2) is 4.79 Å². The van der Waals surface area contributed by atoms with Crippen LogP contribution in [-0.2, 0) is 4.74 Å². The quantitative estimate of drug-likeness (QED) is 0.697. The van der Waals surface area contributed by atoms with Gasteiger partial charge in [-0.3, -0.25) is 0 Å². The van der Waals surface area contributed by atoms with Gasteiger partial charge in [0.15, 0.2) is 0 Å². The summed E-state index contributed by atoms with van der Waals surface area (Å²) < 4.78 is 4.98. The third kappa shape index (κ3) is 1.50. The van der Waals surface area contributed by atoms with Crippen LogP contribution in [0.15, 0.2) is 0 Å². The summed E-state index contributed by atoms with van der Waals surface area (Å²) in [7, 11) is 1.67. The molecule has 1 aliphatic carbocycles. The van der Waals surface area contributed by atoms with E-state index in [9.17, 15) is 4.79 Å². The number of nitrogens with one attached hydrogen (secondary N) is 1. The average molecular weight is 184 g/mol. The Balaban J connectivity index is 1.96. The molecule has 2 aliphatic rings. The number of methoxy groups -OCH3 is 1. The van der Waals surface area contributed by atoms with Gasteiger partial charge in [-0.2, -0.15) is 0 Å². The first kappa shape index (κ1) is 8.81. The zero-order valence-corrected chi connectivity index (χ0v) is 7.95. The van der Waals surface area contributed by atoms with Crippen LogP contribution in [0.4, 0.5) is 4.79 Å². The minimum Gasteiger partial charge on any atom is -0.383 e. The summed E-state index contributed by atoms with van der Waals surface area (Å²) in [6, 6.07) is 0.929. The molecule has 1 saturated carbocycles. The molecule has 0 aromatic heterocycles. The lowest BCUT2D eigenvalue weighted by molar-refractivity contribution is 0.146. The number of carbonyl (C=O) groups is 1. The van der Waals surface area contributed by atoms with Crippen molar-refractivity contribution in [2.24, 2.45) is 0 Å². The summed E-state index contributed by atoms with van der Waals surface area (Å²) in [6.07, 6.45) is 3.52. The molecule has 2 amide bonds. The summed E-state index contributed by atoms with van der Waals surface area (Å²) in [5.41, 5.74) is 0. The highest BCUT2D eigenvalue weighted by Gasteiger charge is 2.41. The van der Waals surface area contributed by atoms with Gasteiger partial charge in [0.25, 0.3) is 0 Å². The number of rotatable bonds is 3. The number of fused-ring (bicyclic) bond motifs is 1. The highest BCUT2D eigenvalue weighted by atomic mass is 16.5. The molecule has 2 rings (SSSR count). The van der Waals surface area contributed by atoms with Crippen LogP contribution >= 0.6 is 0 Å². The molecule has 0 radical (unpaired) electrons. The molecular formula is C9H16N2O2. The summed E-state index contributed by atoms with van der Waals surface area (Å²) >= 11 is 0. The number of amides is 2. The van der Waals surface area contributed by atoms with E-state index < -0.39 is 0 Å². The molecule has 0 spiro atoms. The van der Waals surface area contributed by atoms with E-state index in [0.29, 0.717) is 18.7 Å². The van der Waals surface area contributed by atoms with Crippen LogP contribution in [0.2, 0.25) is 0 Å². The second kappa shape index (κ2) is 3.54. The second-order valence-electron chi connectivity index (χ2n) is 3.74. The first-order valence-corrected chi connectivity index (χ1v) is 4.89. The monoisotopic (exact) mass is 184 g/mol. The Hall–Kier alpha value is -0.770. The molecule has 0 aromatic carbocycles. The SMILES string of the molecule is COCCN1C(=O)NC2CCCC21. The molecule has 13 heavy (non-hydrogen) atoms. The minimum absolute atomic E-state index is 0.0896. The molecule has 1 saturated heterocycles. The molecular weight excluding hydrogens is 168 g/mol. The molecule has 2 unspecified atom stereocenters. The van der Waals surface area contributed by atoms with E-state index in [1.807, 2.05) is 4.90 Å². The van der Waals surface area contributed by atoms with Crippen LogP contribution in [0.1, 0.15) is 19.3 Å². The van der Waals surface area contributed by atoms with Crippen molar-refractivity contribution in [2.75, 3.05) is 20.3 Å². The van der Waals surface area contributed by atoms with Crippen molar-refractivity contribution >= 4 is 6.03 Å². The highest BCUT2D eigenvalue weighted by molar-refractivity contribution is 5.77. The lowest BCUT2D eigenvalue weighted by Gasteiger charge is -2.21. The van der Waals surface area contributed by atoms with Crippen LogP contribution in [0.5, 0.6) is 0 Å². The molecule has 0 bridgehead atoms. The smallest absolute Gasteiger partial charge is 0.318 e. The van der Waals surface area contributed by atoms with Crippen molar-refractivity contribution < 1.29 is 9.53 Å². The zero-order valence-electron chi connectivity index (χ0n) is 7.95. The van der Waals surface area contributed by atoms with E-state index in [2.05, 4.69) is 5.32 Å². The fraction of sp³-hybridized carbons (Fsp3) is 0.889. The molecule has 1 N–H and O–H groups in total. The summed E-state index contributed by atoms with van der Waals surface area (Å²) in [6.45, 7) is 1.36. The Morgan fingerprint density at radius 1 is 1.62 bits per heavy atom. The molecule has 1 aliphatic heterocycles. The van der Waals surface area contributed by atoms with Gasteiger partial charge in [0.05, 0.1) is 18.7 Å². The predicted octanol–water partition coefficient (Wildman–Crippen LogP) is 0.579. The van der Waals surface area contributed by atoms with E-state index in [1.165, 1.54) is 6.42 Å². The average Bonchev–Trinajstić information content (AvgIpc) is 2.62. The summed E-state index contributed by atoms with van der Waals surface area (Å²) in [5.74, 6) is 0. The Kier molecular flexibility index (Phi) is 2.40. The Bertz CT molecular complexity index is 208. The maximum atomic E-state index is 11.5. The van der Waals surface area contributed by atoms with E-state index in [0.717, 1.165) is 19.4 Å². The predicted molar refractivity (Wildman–Crippen MR) is 48.5 cm³/mol. The van der Waals surface area contributed by atoms with Gasteiger partial charge < -0.3 is 15.0 Å². The third-order valence-electron chi connectivity index (χ3n) is 2.99. The van der Waals surface area contributed by atoms with Crippen LogP contribution in [-0.4, -0.2) is 43.3 Å². The summed E-state index contributed by atoms with van der Waals surface area (Å²) in [4.78, 5) is 13.4. The van der Waals surface area contributed by atoms with Gasteiger partial charge in [-0.05, 0) is 19.3 Å². The molecule has 74 valence electrons. The summed E-state index contributed by atoms with van der Waals surface area (Å²) in [5, 5.41) is 3.01. The maximum absolute atomic E-state index is 11.5. The minimum atomic E-state index is 0.0896. The van der Waals surface area contributed by atoms with Gasteiger partial charge in [0.2, 0.25) is 0 Å². The number of hydrogen-bond donors (Lipinski definition) is 1. The highest BCUT2D eigenvalue weighted by Crippen LogP contribution is 2.28. The Labute approximate surface area is 78.2 Å². The standard InChI is InChI=1S/C9H16N2O2/c1-13-6-5-11-8-4-2-3-7(8)10-9(11)12/h7-8H,2-6H2,1H3,(H,10,12). The van der Waals surface area contributed by atoms with E-state index in [1.54, 1.807) is 7.11 Å². The number of hydrogen-bond acceptors (Lipinski definition) is 2. The molecule has 4 heteroatoms. The molecule has 0 aromatic rings. The number of ether oxygens (including phenoxy) is 1. The largest absolute Gasteiger partial charge is 0.383 e. The van der Waals surface area contributed by atoms with Gasteiger partial charge >= 0.3 is 6.03 Å². The number of nitrogens with zero attached hydrogens (tertiary/aromatic N) is 1. The normalized spacial score (nSPS) is 32.1. The van der Waals surface area contributed by atoms with Crippen LogP contribution in [0.25, 0.3) is 0 Å². The van der Waals surface area contributed by atoms with Crippen molar-refractivity contribution in [2.45, 2.75) is 31.3 Å². The third-order valence-corrected chi connectivity index (χ3v) is 2.99. The van der Waals surface area contributed by atoms with Crippen LogP contribution in [0, 0.1) is 0 Å². The van der Waals surface area contributed by atoms with E-state index >= 15 is 0 Å². The molecule has 2 fully saturated rings. The van der Waals surface area contributed by atoms with Crippen LogP contribution < -0.4 is 5.32 Å². The molecule has 2 atom stereocenters. The maximum Gasteiger partial charge on any atom is 0.318 e. The van der Waals surface area contributed by atoms with E-state index in [-0.39, 0.29) is 6.03 Å². The topological polar surface area (TPSA) is 41.6 Å². The van der Waals surface area contributed by atoms with Crippen molar-refractivity contribution in [1.82, 2.24) is 10.2 Å². The van der Waals surface area contributed by atoms with Gasteiger partial charge in [0, 0.05) is 13.7 Å². The van der Waals surface area contributed by atoms with Gasteiger partial charge in [-0.1, -0.05) is 0 Å². The second-order valence-corrected chi connectivity index (χ2v) is 3.74. The zero-order chi connectivity index (χ0) is 9.26. The van der Waals surface area contributed by atoms with Crippen molar-refractivity contribution in [3.8, 4) is 0 Å². The Morgan fingerprint density at radius 3 is 3.23 bits per heavy atom. The van der Waals surface area contributed by atoms with Crippen molar-refractivity contribution in [3.63, 3.8) is 0 Å². The lowest BCUT2D eigenvalue weighted by atomic mass is 10.2. The fourth-order valence-electron chi connectivity index (χ4n) is 2.33. The lowest BCUT2D eigenvalue weighted by Crippen LogP contribution is -2.36. The van der Waals surface area contributed by atoms with E-state index in [4.69, 9.17) is 4.74 Å². The number of carbonyl (C=O) groups excluding carboxylic acids is 1. The number of urea groups is 1. The van der Waals surface area contributed by atoms with Crippen molar-refractivity contribution in [3.05, 3.63) is 0 Å².